The second-order valence-corrected chi connectivity index (χ2v) is 5.38. The predicted octanol–water partition coefficient (Wildman–Crippen LogP) is 2.75. The van der Waals surface area contributed by atoms with E-state index in [1.807, 2.05) is 0 Å². The van der Waals surface area contributed by atoms with E-state index in [2.05, 4.69) is 5.32 Å². The van der Waals surface area contributed by atoms with Gasteiger partial charge in [0.2, 0.25) is 0 Å². The first-order valence-electron chi connectivity index (χ1n) is 6.19. The van der Waals surface area contributed by atoms with Crippen molar-refractivity contribution in [3.05, 3.63) is 29.3 Å². The van der Waals surface area contributed by atoms with Crippen LogP contribution in [0.25, 0.3) is 0 Å². The second kappa shape index (κ2) is 4.65. The third kappa shape index (κ3) is 2.97. The SMILES string of the molecule is CC(C)(F)c1ccc(O)c(CC2CCNC2)c1. The fraction of sp³-hybridized carbons (Fsp3) is 0.571. The molecule has 94 valence electrons. The number of phenols is 1. The smallest absolute Gasteiger partial charge is 0.130 e. The lowest BCUT2D eigenvalue weighted by Crippen LogP contribution is -2.12. The van der Waals surface area contributed by atoms with Crippen LogP contribution in [0, 0.1) is 5.92 Å². The molecule has 0 aliphatic carbocycles. The van der Waals surface area contributed by atoms with Crippen molar-refractivity contribution in [2.24, 2.45) is 5.92 Å². The molecule has 0 radical (unpaired) electrons. The fourth-order valence-electron chi connectivity index (χ4n) is 2.32. The largest absolute Gasteiger partial charge is 0.508 e. The molecule has 0 amide bonds. The van der Waals surface area contributed by atoms with Gasteiger partial charge in [-0.1, -0.05) is 6.07 Å². The molecule has 0 saturated carbocycles. The Kier molecular flexibility index (Phi) is 3.38. The van der Waals surface area contributed by atoms with E-state index in [9.17, 15) is 9.50 Å². The molecule has 1 heterocycles. The summed E-state index contributed by atoms with van der Waals surface area (Å²) in [4.78, 5) is 0. The van der Waals surface area contributed by atoms with Crippen molar-refractivity contribution < 1.29 is 9.50 Å². The van der Waals surface area contributed by atoms with Crippen LogP contribution in [0.2, 0.25) is 0 Å². The average molecular weight is 237 g/mol. The number of phenolic OH excluding ortho intramolecular Hbond substituents is 1. The van der Waals surface area contributed by atoms with Gasteiger partial charge in [-0.05, 0) is 69.0 Å². The first kappa shape index (κ1) is 12.4. The van der Waals surface area contributed by atoms with Crippen LogP contribution in [-0.2, 0) is 12.1 Å². The minimum atomic E-state index is -1.35. The molecule has 0 spiro atoms. The van der Waals surface area contributed by atoms with Crippen LogP contribution in [0.4, 0.5) is 4.39 Å². The van der Waals surface area contributed by atoms with Crippen molar-refractivity contribution in [3.63, 3.8) is 0 Å². The predicted molar refractivity (Wildman–Crippen MR) is 66.9 cm³/mol. The lowest BCUT2D eigenvalue weighted by molar-refractivity contribution is 0.221. The average Bonchev–Trinajstić information content (AvgIpc) is 2.72. The molecule has 1 unspecified atom stereocenters. The highest BCUT2D eigenvalue weighted by Gasteiger charge is 2.22. The number of benzene rings is 1. The molecule has 1 aliphatic rings. The lowest BCUT2D eigenvalue weighted by atomic mass is 9.92. The topological polar surface area (TPSA) is 32.3 Å². The van der Waals surface area contributed by atoms with Gasteiger partial charge in [-0.15, -0.1) is 0 Å². The molecule has 2 rings (SSSR count). The summed E-state index contributed by atoms with van der Waals surface area (Å²) in [7, 11) is 0. The van der Waals surface area contributed by atoms with Gasteiger partial charge < -0.3 is 10.4 Å². The van der Waals surface area contributed by atoms with Gasteiger partial charge in [0.1, 0.15) is 11.4 Å². The van der Waals surface area contributed by atoms with Gasteiger partial charge in [-0.3, -0.25) is 0 Å². The minimum Gasteiger partial charge on any atom is -0.508 e. The molecular weight excluding hydrogens is 217 g/mol. The van der Waals surface area contributed by atoms with Crippen molar-refractivity contribution >= 4 is 0 Å². The Morgan fingerprint density at radius 1 is 1.47 bits per heavy atom. The van der Waals surface area contributed by atoms with E-state index in [0.717, 1.165) is 31.5 Å². The summed E-state index contributed by atoms with van der Waals surface area (Å²) >= 11 is 0. The quantitative estimate of drug-likeness (QED) is 0.847. The minimum absolute atomic E-state index is 0.282. The van der Waals surface area contributed by atoms with Crippen LogP contribution >= 0.6 is 0 Å². The van der Waals surface area contributed by atoms with Gasteiger partial charge in [-0.25, -0.2) is 4.39 Å². The van der Waals surface area contributed by atoms with E-state index < -0.39 is 5.67 Å². The number of hydrogen-bond acceptors (Lipinski definition) is 2. The molecule has 2 N–H and O–H groups in total. The van der Waals surface area contributed by atoms with Crippen LogP contribution in [0.5, 0.6) is 5.75 Å². The summed E-state index contributed by atoms with van der Waals surface area (Å²) in [6.07, 6.45) is 1.95. The van der Waals surface area contributed by atoms with Gasteiger partial charge in [0.25, 0.3) is 0 Å². The van der Waals surface area contributed by atoms with E-state index >= 15 is 0 Å². The van der Waals surface area contributed by atoms with Crippen LogP contribution in [0.1, 0.15) is 31.4 Å². The Bertz CT molecular complexity index is 392. The van der Waals surface area contributed by atoms with Crippen molar-refractivity contribution in [1.29, 1.82) is 0 Å². The van der Waals surface area contributed by atoms with Crippen molar-refractivity contribution in [1.82, 2.24) is 5.32 Å². The number of hydrogen-bond donors (Lipinski definition) is 2. The standard InChI is InChI=1S/C14H20FNO/c1-14(2,15)12-3-4-13(17)11(8-12)7-10-5-6-16-9-10/h3-4,8,10,16-17H,5-7,9H2,1-2H3. The highest BCUT2D eigenvalue weighted by molar-refractivity contribution is 5.38. The molecule has 1 aromatic carbocycles. The highest BCUT2D eigenvalue weighted by atomic mass is 19.1. The first-order valence-corrected chi connectivity index (χ1v) is 6.19. The summed E-state index contributed by atoms with van der Waals surface area (Å²) in [6.45, 7) is 5.11. The zero-order valence-electron chi connectivity index (χ0n) is 10.5. The van der Waals surface area contributed by atoms with Crippen LogP contribution in [-0.4, -0.2) is 18.2 Å². The molecule has 1 aromatic rings. The van der Waals surface area contributed by atoms with Crippen molar-refractivity contribution in [3.8, 4) is 5.75 Å². The zero-order valence-corrected chi connectivity index (χ0v) is 10.5. The summed E-state index contributed by atoms with van der Waals surface area (Å²) in [5.74, 6) is 0.837. The van der Waals surface area contributed by atoms with E-state index in [0.29, 0.717) is 11.5 Å². The molecule has 1 atom stereocenters. The molecule has 3 heteroatoms. The molecule has 1 fully saturated rings. The molecule has 0 bridgehead atoms. The number of alkyl halides is 1. The molecule has 0 aromatic heterocycles. The maximum Gasteiger partial charge on any atom is 0.130 e. The number of halogens is 1. The summed E-state index contributed by atoms with van der Waals surface area (Å²) < 4.78 is 13.9. The monoisotopic (exact) mass is 237 g/mol. The van der Waals surface area contributed by atoms with E-state index in [-0.39, 0.29) is 5.75 Å². The van der Waals surface area contributed by atoms with Gasteiger partial charge in [0, 0.05) is 0 Å². The normalized spacial score (nSPS) is 20.8. The molecular formula is C14H20FNO. The van der Waals surface area contributed by atoms with Gasteiger partial charge >= 0.3 is 0 Å². The maximum absolute atomic E-state index is 13.9. The summed E-state index contributed by atoms with van der Waals surface area (Å²) in [5.41, 5.74) is 0.147. The number of rotatable bonds is 3. The second-order valence-electron chi connectivity index (χ2n) is 5.38. The fourth-order valence-corrected chi connectivity index (χ4v) is 2.32. The first-order chi connectivity index (χ1) is 7.97. The van der Waals surface area contributed by atoms with Gasteiger partial charge in [-0.2, -0.15) is 0 Å². The number of nitrogens with one attached hydrogen (secondary N) is 1. The Hall–Kier alpha value is -1.09. The molecule has 1 aliphatic heterocycles. The number of aromatic hydroxyl groups is 1. The highest BCUT2D eigenvalue weighted by Crippen LogP contribution is 2.30. The van der Waals surface area contributed by atoms with E-state index in [4.69, 9.17) is 0 Å². The molecule has 1 saturated heterocycles. The van der Waals surface area contributed by atoms with Gasteiger partial charge in [0.15, 0.2) is 0 Å². The molecule has 2 nitrogen and oxygen atoms in total. The van der Waals surface area contributed by atoms with Crippen LogP contribution in [0.3, 0.4) is 0 Å². The summed E-state index contributed by atoms with van der Waals surface area (Å²) in [5, 5.41) is 13.1. The van der Waals surface area contributed by atoms with Crippen LogP contribution < -0.4 is 5.32 Å². The van der Waals surface area contributed by atoms with Crippen molar-refractivity contribution in [2.75, 3.05) is 13.1 Å². The third-order valence-electron chi connectivity index (χ3n) is 3.44. The maximum atomic E-state index is 13.9. The third-order valence-corrected chi connectivity index (χ3v) is 3.44. The van der Waals surface area contributed by atoms with Gasteiger partial charge in [0.05, 0.1) is 0 Å². The van der Waals surface area contributed by atoms with E-state index in [1.54, 1.807) is 32.0 Å². The Labute approximate surface area is 102 Å². The lowest BCUT2D eigenvalue weighted by Gasteiger charge is -2.17. The molecule has 17 heavy (non-hydrogen) atoms. The van der Waals surface area contributed by atoms with E-state index in [1.165, 1.54) is 0 Å². The van der Waals surface area contributed by atoms with Crippen LogP contribution in [0.15, 0.2) is 18.2 Å². The Balaban J connectivity index is 2.20. The van der Waals surface area contributed by atoms with Crippen molar-refractivity contribution in [2.45, 2.75) is 32.4 Å². The Morgan fingerprint density at radius 3 is 2.82 bits per heavy atom. The Morgan fingerprint density at radius 2 is 2.24 bits per heavy atom. The summed E-state index contributed by atoms with van der Waals surface area (Å²) in [6, 6.07) is 5.06. The zero-order chi connectivity index (χ0) is 12.5.